The Kier molecular flexibility index (Phi) is 6.78. The predicted octanol–water partition coefficient (Wildman–Crippen LogP) is -0.253. The maximum absolute atomic E-state index is 11.3. The number of rotatable bonds is 3. The Balaban J connectivity index is 0. The first kappa shape index (κ1) is 15.1. The Labute approximate surface area is 88.9 Å². The molecule has 0 fully saturated rings. The van der Waals surface area contributed by atoms with Gasteiger partial charge in [-0.1, -0.05) is 0 Å². The van der Waals surface area contributed by atoms with Crippen molar-refractivity contribution in [3.63, 3.8) is 0 Å². The van der Waals surface area contributed by atoms with Gasteiger partial charge in [0, 0.05) is 0 Å². The van der Waals surface area contributed by atoms with Gasteiger partial charge in [-0.3, -0.25) is 0 Å². The van der Waals surface area contributed by atoms with E-state index in [1.54, 1.807) is 0 Å². The summed E-state index contributed by atoms with van der Waals surface area (Å²) in [6.45, 7) is -1.34. The third-order valence-electron chi connectivity index (χ3n) is 0.617. The molecule has 0 amide bonds. The molecule has 12 heavy (non-hydrogen) atoms. The van der Waals surface area contributed by atoms with Gasteiger partial charge in [-0.25, -0.2) is 12.8 Å². The topological polar surface area (TPSA) is 46.2 Å². The summed E-state index contributed by atoms with van der Waals surface area (Å²) in [4.78, 5) is 0. The number of sulfonamides is 1. The van der Waals surface area contributed by atoms with Crippen molar-refractivity contribution in [3.05, 3.63) is 0 Å². The van der Waals surface area contributed by atoms with Crippen LogP contribution in [0.15, 0.2) is 0 Å². The van der Waals surface area contributed by atoms with Crippen LogP contribution >= 0.6 is 0 Å². The normalized spacial score (nSPS) is 12.3. The van der Waals surface area contributed by atoms with Gasteiger partial charge in [0.1, 0.15) is 6.67 Å². The zero-order valence-electron chi connectivity index (χ0n) is 5.15. The third-order valence-corrected chi connectivity index (χ3v) is 1.85. The van der Waals surface area contributed by atoms with Gasteiger partial charge in [0.2, 0.25) is 10.0 Å². The molecule has 0 aromatic heterocycles. The Hall–Kier alpha value is 0.630. The quantitative estimate of drug-likeness (QED) is 0.404. The standard InChI is InChI=1S/C3H5F4NO2S.Na.H/c4-1-2-11(9,10)8-3(5,6)7;;/h8H,1-2H2;;. The molecular weight excluding hydrogens is 213 g/mol. The second-order valence-corrected chi connectivity index (χ2v) is 3.45. The van der Waals surface area contributed by atoms with E-state index in [1.165, 1.54) is 0 Å². The van der Waals surface area contributed by atoms with Crippen molar-refractivity contribution in [2.24, 2.45) is 0 Å². The third kappa shape index (κ3) is 8.72. The molecule has 3 nitrogen and oxygen atoms in total. The van der Waals surface area contributed by atoms with Crippen LogP contribution in [0.5, 0.6) is 0 Å². The van der Waals surface area contributed by atoms with Crippen LogP contribution in [0.1, 0.15) is 0 Å². The number of hydrogen-bond acceptors (Lipinski definition) is 2. The molecule has 0 bridgehead atoms. The van der Waals surface area contributed by atoms with Gasteiger partial charge < -0.3 is 0 Å². The molecule has 1 N–H and O–H groups in total. The fraction of sp³-hybridized carbons (Fsp3) is 1.00. The molecule has 0 saturated heterocycles. The molecule has 0 heterocycles. The first-order valence-electron chi connectivity index (χ1n) is 2.41. The molecule has 0 atom stereocenters. The molecule has 0 saturated carbocycles. The van der Waals surface area contributed by atoms with Crippen LogP contribution in [0.4, 0.5) is 17.6 Å². The van der Waals surface area contributed by atoms with E-state index in [2.05, 4.69) is 0 Å². The van der Waals surface area contributed by atoms with E-state index in [0.717, 1.165) is 0 Å². The number of nitrogens with one attached hydrogen (secondary N) is 1. The van der Waals surface area contributed by atoms with Gasteiger partial charge in [0.25, 0.3) is 0 Å². The number of halogens is 4. The Morgan fingerprint density at radius 1 is 1.25 bits per heavy atom. The molecule has 0 aromatic rings. The van der Waals surface area contributed by atoms with Crippen molar-refractivity contribution in [2.45, 2.75) is 6.30 Å². The maximum atomic E-state index is 11.3. The predicted molar refractivity (Wildman–Crippen MR) is 36.1 cm³/mol. The van der Waals surface area contributed by atoms with Gasteiger partial charge in [-0.05, 0) is 0 Å². The monoisotopic (exact) mass is 219 g/mol. The van der Waals surface area contributed by atoms with Crippen LogP contribution in [0.25, 0.3) is 0 Å². The molecular formula is C3H6F4NNaO2S. The Morgan fingerprint density at radius 2 is 1.67 bits per heavy atom. The summed E-state index contributed by atoms with van der Waals surface area (Å²) >= 11 is 0. The van der Waals surface area contributed by atoms with Crippen LogP contribution in [0.2, 0.25) is 0 Å². The minimum absolute atomic E-state index is 0. The Bertz CT molecular complexity index is 213. The molecule has 0 aliphatic heterocycles. The van der Waals surface area contributed by atoms with E-state index < -0.39 is 28.8 Å². The summed E-state index contributed by atoms with van der Waals surface area (Å²) in [5, 5.41) is 0. The van der Waals surface area contributed by atoms with Crippen LogP contribution in [0, 0.1) is 0 Å². The van der Waals surface area contributed by atoms with E-state index in [-0.39, 0.29) is 29.6 Å². The zero-order valence-corrected chi connectivity index (χ0v) is 5.97. The molecule has 0 aromatic carbocycles. The summed E-state index contributed by atoms with van der Waals surface area (Å²) in [6.07, 6.45) is -5.02. The van der Waals surface area contributed by atoms with Crippen LogP contribution < -0.4 is 4.72 Å². The average molecular weight is 219 g/mol. The molecule has 0 rings (SSSR count). The van der Waals surface area contributed by atoms with E-state index in [9.17, 15) is 26.0 Å². The van der Waals surface area contributed by atoms with Crippen molar-refractivity contribution in [2.75, 3.05) is 12.4 Å². The summed E-state index contributed by atoms with van der Waals surface area (Å²) in [5.74, 6) is -1.17. The molecule has 0 aliphatic carbocycles. The van der Waals surface area contributed by atoms with Crippen LogP contribution in [0.3, 0.4) is 0 Å². The van der Waals surface area contributed by atoms with E-state index in [1.807, 2.05) is 0 Å². The first-order chi connectivity index (χ1) is 4.77. The molecule has 0 unspecified atom stereocenters. The summed E-state index contributed by atoms with van der Waals surface area (Å²) in [5.41, 5.74) is 0. The fourth-order valence-corrected chi connectivity index (χ4v) is 0.987. The molecule has 70 valence electrons. The second-order valence-electron chi connectivity index (χ2n) is 1.61. The number of hydrogen-bond donors (Lipinski definition) is 1. The molecule has 0 radical (unpaired) electrons. The summed E-state index contributed by atoms with van der Waals surface area (Å²) < 4.78 is 65.7. The van der Waals surface area contributed by atoms with Gasteiger partial charge >= 0.3 is 35.9 Å². The van der Waals surface area contributed by atoms with E-state index in [0.29, 0.717) is 4.72 Å². The fourth-order valence-electron chi connectivity index (χ4n) is 0.329. The second kappa shape index (κ2) is 5.38. The summed E-state index contributed by atoms with van der Waals surface area (Å²) in [6, 6.07) is 0. The average Bonchev–Trinajstić information content (AvgIpc) is 1.55. The van der Waals surface area contributed by atoms with Gasteiger partial charge in [-0.15, -0.1) is 4.72 Å². The first-order valence-corrected chi connectivity index (χ1v) is 4.06. The SMILES string of the molecule is O=S(=O)(CCF)NC(F)(F)F.[NaH]. The van der Waals surface area contributed by atoms with Crippen molar-refractivity contribution >= 4 is 39.6 Å². The number of alkyl halides is 4. The van der Waals surface area contributed by atoms with E-state index in [4.69, 9.17) is 0 Å². The van der Waals surface area contributed by atoms with E-state index >= 15 is 0 Å². The zero-order chi connectivity index (χ0) is 9.12. The minimum atomic E-state index is -5.02. The van der Waals surface area contributed by atoms with Crippen LogP contribution in [-0.2, 0) is 10.0 Å². The molecule has 0 spiro atoms. The summed E-state index contributed by atoms with van der Waals surface area (Å²) in [7, 11) is -4.54. The Morgan fingerprint density at radius 3 is 1.92 bits per heavy atom. The van der Waals surface area contributed by atoms with Crippen molar-refractivity contribution < 1.29 is 26.0 Å². The van der Waals surface area contributed by atoms with Gasteiger partial charge in [0.05, 0.1) is 5.75 Å². The van der Waals surface area contributed by atoms with Gasteiger partial charge in [-0.2, -0.15) is 13.2 Å². The van der Waals surface area contributed by atoms with Gasteiger partial charge in [0.15, 0.2) is 0 Å². The molecule has 9 heteroatoms. The van der Waals surface area contributed by atoms with Crippen LogP contribution in [-0.4, -0.2) is 56.7 Å². The van der Waals surface area contributed by atoms with Crippen molar-refractivity contribution in [1.82, 2.24) is 4.72 Å². The molecule has 0 aliphatic rings. The van der Waals surface area contributed by atoms with Crippen molar-refractivity contribution in [3.8, 4) is 0 Å². The van der Waals surface area contributed by atoms with Crippen molar-refractivity contribution in [1.29, 1.82) is 0 Å².